The number of halogens is 2. The molecule has 0 saturated carbocycles. The van der Waals surface area contributed by atoms with Gasteiger partial charge in [-0.25, -0.2) is 9.67 Å². The minimum Gasteiger partial charge on any atom is -0.300 e. The Kier molecular flexibility index (Phi) is 4.61. The Morgan fingerprint density at radius 3 is 2.65 bits per heavy atom. The van der Waals surface area contributed by atoms with Gasteiger partial charge in [-0.2, -0.15) is 4.98 Å². The van der Waals surface area contributed by atoms with Crippen LogP contribution in [0.1, 0.15) is 5.56 Å². The third-order valence-electron chi connectivity index (χ3n) is 2.99. The topological polar surface area (TPSA) is 72.7 Å². The number of hydrogen-bond donors (Lipinski definition) is 1. The molecule has 0 saturated heterocycles. The molecule has 6 nitrogen and oxygen atoms in total. The fourth-order valence-electron chi connectivity index (χ4n) is 1.88. The van der Waals surface area contributed by atoms with Crippen LogP contribution in [0.5, 0.6) is 0 Å². The molecule has 0 radical (unpaired) electrons. The molecule has 0 aliphatic carbocycles. The van der Waals surface area contributed by atoms with Crippen molar-refractivity contribution < 1.29 is 4.79 Å². The SMILES string of the molecule is Cc1ccc(-c2csc(NC(=O)Cn3nc(Cl)nc3Cl)n2)cc1. The lowest BCUT2D eigenvalue weighted by atomic mass is 10.1. The van der Waals surface area contributed by atoms with E-state index in [4.69, 9.17) is 23.2 Å². The molecule has 1 N–H and O–H groups in total. The van der Waals surface area contributed by atoms with Crippen molar-refractivity contribution in [3.8, 4) is 11.3 Å². The molecule has 2 aromatic heterocycles. The number of benzene rings is 1. The van der Waals surface area contributed by atoms with Crippen LogP contribution in [0, 0.1) is 6.92 Å². The summed E-state index contributed by atoms with van der Waals surface area (Å²) in [6, 6.07) is 8.02. The highest BCUT2D eigenvalue weighted by Gasteiger charge is 2.12. The zero-order valence-electron chi connectivity index (χ0n) is 12.0. The minimum absolute atomic E-state index is 0.00120. The third-order valence-corrected chi connectivity index (χ3v) is 4.19. The first kappa shape index (κ1) is 15.9. The molecular weight excluding hydrogens is 357 g/mol. The fraction of sp³-hybridized carbons (Fsp3) is 0.143. The number of nitrogens with one attached hydrogen (secondary N) is 1. The molecule has 9 heteroatoms. The number of amides is 1. The van der Waals surface area contributed by atoms with Crippen molar-refractivity contribution in [3.63, 3.8) is 0 Å². The summed E-state index contributed by atoms with van der Waals surface area (Å²) < 4.78 is 1.22. The standard InChI is InChI=1S/C14H11Cl2N5OS/c1-8-2-4-9(5-3-8)10-7-23-14(17-10)18-11(22)6-21-13(16)19-12(15)20-21/h2-5,7H,6H2,1H3,(H,17,18,22). The van der Waals surface area contributed by atoms with Crippen LogP contribution in [0.2, 0.25) is 10.6 Å². The number of thiazole rings is 1. The Morgan fingerprint density at radius 1 is 1.26 bits per heavy atom. The molecule has 0 spiro atoms. The van der Waals surface area contributed by atoms with Crippen molar-refractivity contribution in [3.05, 3.63) is 45.8 Å². The van der Waals surface area contributed by atoms with Gasteiger partial charge in [0.25, 0.3) is 0 Å². The number of aryl methyl sites for hydroxylation is 1. The van der Waals surface area contributed by atoms with Gasteiger partial charge < -0.3 is 5.32 Å². The van der Waals surface area contributed by atoms with Gasteiger partial charge >= 0.3 is 0 Å². The van der Waals surface area contributed by atoms with E-state index in [9.17, 15) is 4.79 Å². The summed E-state index contributed by atoms with van der Waals surface area (Å²) in [6.07, 6.45) is 0. The summed E-state index contributed by atoms with van der Waals surface area (Å²) in [5.41, 5.74) is 2.99. The summed E-state index contributed by atoms with van der Waals surface area (Å²) in [5, 5.41) is 8.98. The zero-order valence-corrected chi connectivity index (χ0v) is 14.3. The predicted octanol–water partition coefficient (Wildman–Crippen LogP) is 3.66. The summed E-state index contributed by atoms with van der Waals surface area (Å²) in [5.74, 6) is -0.307. The molecule has 1 aromatic carbocycles. The Morgan fingerprint density at radius 2 is 2.00 bits per heavy atom. The summed E-state index contributed by atoms with van der Waals surface area (Å²) >= 11 is 12.8. The van der Waals surface area contributed by atoms with E-state index in [-0.39, 0.29) is 23.0 Å². The van der Waals surface area contributed by atoms with E-state index in [1.807, 2.05) is 36.6 Å². The number of carbonyl (C=O) groups is 1. The number of hydrogen-bond acceptors (Lipinski definition) is 5. The van der Waals surface area contributed by atoms with Crippen molar-refractivity contribution in [1.29, 1.82) is 0 Å². The van der Waals surface area contributed by atoms with Crippen molar-refractivity contribution in [1.82, 2.24) is 19.7 Å². The predicted molar refractivity (Wildman–Crippen MR) is 91.0 cm³/mol. The highest BCUT2D eigenvalue weighted by Crippen LogP contribution is 2.25. The Balaban J connectivity index is 1.68. The average Bonchev–Trinajstić information content (AvgIpc) is 3.07. The van der Waals surface area contributed by atoms with Crippen LogP contribution in [0.25, 0.3) is 11.3 Å². The van der Waals surface area contributed by atoms with Crippen LogP contribution in [0.15, 0.2) is 29.6 Å². The lowest BCUT2D eigenvalue weighted by Gasteiger charge is -2.02. The first-order chi connectivity index (χ1) is 11.0. The molecule has 2 heterocycles. The lowest BCUT2D eigenvalue weighted by molar-refractivity contribution is -0.116. The lowest BCUT2D eigenvalue weighted by Crippen LogP contribution is -2.19. The summed E-state index contributed by atoms with van der Waals surface area (Å²) in [7, 11) is 0. The average molecular weight is 368 g/mol. The van der Waals surface area contributed by atoms with Gasteiger partial charge in [-0.05, 0) is 30.1 Å². The smallest absolute Gasteiger partial charge is 0.248 e. The molecule has 118 valence electrons. The van der Waals surface area contributed by atoms with Gasteiger partial charge in [0.1, 0.15) is 6.54 Å². The molecule has 0 fully saturated rings. The van der Waals surface area contributed by atoms with Gasteiger partial charge in [0.05, 0.1) is 5.69 Å². The second-order valence-corrected chi connectivity index (χ2v) is 6.29. The van der Waals surface area contributed by atoms with Gasteiger partial charge in [-0.1, -0.05) is 29.8 Å². The van der Waals surface area contributed by atoms with Crippen molar-refractivity contribution in [2.45, 2.75) is 13.5 Å². The van der Waals surface area contributed by atoms with Gasteiger partial charge in [0, 0.05) is 10.9 Å². The van der Waals surface area contributed by atoms with E-state index in [1.54, 1.807) is 0 Å². The van der Waals surface area contributed by atoms with E-state index < -0.39 is 0 Å². The molecule has 0 bridgehead atoms. The van der Waals surface area contributed by atoms with E-state index in [2.05, 4.69) is 20.4 Å². The minimum atomic E-state index is -0.307. The van der Waals surface area contributed by atoms with Crippen LogP contribution in [-0.2, 0) is 11.3 Å². The Labute approximate surface area is 146 Å². The molecule has 0 unspecified atom stereocenters. The molecule has 0 aliphatic heterocycles. The van der Waals surface area contributed by atoms with Crippen LogP contribution in [-0.4, -0.2) is 25.7 Å². The number of rotatable bonds is 4. The van der Waals surface area contributed by atoms with Crippen molar-refractivity contribution in [2.24, 2.45) is 0 Å². The Hall–Kier alpha value is -1.96. The van der Waals surface area contributed by atoms with Gasteiger partial charge in [-0.3, -0.25) is 4.79 Å². The van der Waals surface area contributed by atoms with Crippen LogP contribution in [0.3, 0.4) is 0 Å². The van der Waals surface area contributed by atoms with E-state index in [0.29, 0.717) is 5.13 Å². The number of anilines is 1. The molecular formula is C14H11Cl2N5OS. The first-order valence-corrected chi connectivity index (χ1v) is 8.23. The van der Waals surface area contributed by atoms with Gasteiger partial charge in [0.2, 0.25) is 16.5 Å². The van der Waals surface area contributed by atoms with Crippen LogP contribution < -0.4 is 5.32 Å². The molecule has 3 rings (SSSR count). The van der Waals surface area contributed by atoms with Crippen LogP contribution in [0.4, 0.5) is 5.13 Å². The van der Waals surface area contributed by atoms with Gasteiger partial charge in [-0.15, -0.1) is 16.4 Å². The third kappa shape index (κ3) is 3.87. The largest absolute Gasteiger partial charge is 0.300 e. The molecule has 23 heavy (non-hydrogen) atoms. The second-order valence-electron chi connectivity index (χ2n) is 4.76. The Bertz CT molecular complexity index is 843. The van der Waals surface area contributed by atoms with Crippen LogP contribution >= 0.6 is 34.5 Å². The summed E-state index contributed by atoms with van der Waals surface area (Å²) in [6.45, 7) is 1.94. The highest BCUT2D eigenvalue weighted by atomic mass is 35.5. The van der Waals surface area contributed by atoms with Crippen molar-refractivity contribution >= 4 is 45.6 Å². The van der Waals surface area contributed by atoms with Crippen molar-refractivity contribution in [2.75, 3.05) is 5.32 Å². The van der Waals surface area contributed by atoms with Gasteiger partial charge in [0.15, 0.2) is 5.13 Å². The zero-order chi connectivity index (χ0) is 16.4. The highest BCUT2D eigenvalue weighted by molar-refractivity contribution is 7.14. The normalized spacial score (nSPS) is 10.7. The quantitative estimate of drug-likeness (QED) is 0.763. The molecule has 0 aliphatic rings. The van der Waals surface area contributed by atoms with E-state index in [1.165, 1.54) is 21.6 Å². The molecule has 1 amide bonds. The number of aromatic nitrogens is 4. The first-order valence-electron chi connectivity index (χ1n) is 6.59. The maximum absolute atomic E-state index is 12.0. The number of nitrogens with zero attached hydrogens (tertiary/aromatic N) is 4. The second kappa shape index (κ2) is 6.66. The maximum Gasteiger partial charge on any atom is 0.248 e. The molecule has 0 atom stereocenters. The fourth-order valence-corrected chi connectivity index (χ4v) is 3.01. The summed E-state index contributed by atoms with van der Waals surface area (Å²) in [4.78, 5) is 20.1. The molecule has 3 aromatic rings. The number of carbonyl (C=O) groups excluding carboxylic acids is 1. The van der Waals surface area contributed by atoms with E-state index in [0.717, 1.165) is 11.3 Å². The monoisotopic (exact) mass is 367 g/mol. The maximum atomic E-state index is 12.0. The van der Waals surface area contributed by atoms with E-state index >= 15 is 0 Å².